The van der Waals surface area contributed by atoms with E-state index in [1.165, 1.54) is 0 Å². The second-order valence-electron chi connectivity index (χ2n) is 5.63. The van der Waals surface area contributed by atoms with E-state index in [0.29, 0.717) is 16.8 Å². The van der Waals surface area contributed by atoms with Gasteiger partial charge in [-0.05, 0) is 19.1 Å². The third-order valence-corrected chi connectivity index (χ3v) is 3.81. The number of fused-ring (bicyclic) bond motifs is 1. The Balaban J connectivity index is 2.22. The third-order valence-electron chi connectivity index (χ3n) is 3.81. The summed E-state index contributed by atoms with van der Waals surface area (Å²) in [6, 6.07) is 6.99. The van der Waals surface area contributed by atoms with Crippen LogP contribution < -0.4 is 10.2 Å². The predicted octanol–water partition coefficient (Wildman–Crippen LogP) is 3.62. The van der Waals surface area contributed by atoms with Crippen LogP contribution in [0.15, 0.2) is 33.6 Å². The number of nitrogens with one attached hydrogen (secondary N) is 1. The molecular formula is C17H18N2O3. The van der Waals surface area contributed by atoms with Crippen LogP contribution in [0.4, 0.5) is 0 Å². The molecule has 0 unspecified atom stereocenters. The zero-order chi connectivity index (χ0) is 15.9. The number of H-pyrrole nitrogens is 1. The molecule has 0 aliphatic rings. The van der Waals surface area contributed by atoms with E-state index in [-0.39, 0.29) is 11.3 Å². The van der Waals surface area contributed by atoms with Gasteiger partial charge in [0.05, 0.1) is 18.3 Å². The van der Waals surface area contributed by atoms with Crippen molar-refractivity contribution < 1.29 is 9.26 Å². The van der Waals surface area contributed by atoms with Crippen LogP contribution in [-0.2, 0) is 0 Å². The summed E-state index contributed by atoms with van der Waals surface area (Å²) < 4.78 is 10.6. The molecule has 3 aromatic rings. The normalized spacial score (nSPS) is 11.3. The minimum absolute atomic E-state index is 0.0522. The van der Waals surface area contributed by atoms with E-state index in [9.17, 15) is 4.79 Å². The van der Waals surface area contributed by atoms with Crippen LogP contribution in [0.5, 0.6) is 5.75 Å². The molecule has 0 aliphatic heterocycles. The van der Waals surface area contributed by atoms with Crippen molar-refractivity contribution >= 4 is 10.9 Å². The van der Waals surface area contributed by atoms with Crippen LogP contribution in [-0.4, -0.2) is 17.3 Å². The Morgan fingerprint density at radius 2 is 2.05 bits per heavy atom. The highest BCUT2D eigenvalue weighted by atomic mass is 16.5. The first-order chi connectivity index (χ1) is 10.5. The molecule has 0 bridgehead atoms. The number of pyridine rings is 1. The van der Waals surface area contributed by atoms with Crippen LogP contribution >= 0.6 is 0 Å². The second-order valence-corrected chi connectivity index (χ2v) is 5.63. The van der Waals surface area contributed by atoms with Crippen LogP contribution in [0.1, 0.15) is 31.1 Å². The summed E-state index contributed by atoms with van der Waals surface area (Å²) >= 11 is 0. The fourth-order valence-corrected chi connectivity index (χ4v) is 2.49. The Morgan fingerprint density at radius 1 is 1.27 bits per heavy atom. The van der Waals surface area contributed by atoms with Gasteiger partial charge in [0.2, 0.25) is 0 Å². The molecule has 114 valence electrons. The van der Waals surface area contributed by atoms with Gasteiger partial charge in [-0.1, -0.05) is 19.0 Å². The van der Waals surface area contributed by atoms with Crippen LogP contribution in [0.2, 0.25) is 0 Å². The molecule has 2 heterocycles. The molecular weight excluding hydrogens is 280 g/mol. The monoisotopic (exact) mass is 298 g/mol. The van der Waals surface area contributed by atoms with Crippen LogP contribution in [0, 0.1) is 6.92 Å². The highest BCUT2D eigenvalue weighted by molar-refractivity contribution is 5.85. The maximum absolute atomic E-state index is 12.3. The number of benzene rings is 1. The van der Waals surface area contributed by atoms with Gasteiger partial charge < -0.3 is 14.2 Å². The summed E-state index contributed by atoms with van der Waals surface area (Å²) in [5, 5.41) is 4.69. The SMILES string of the molecule is COc1ccc2c(=O)cc(-c3cc(C(C)C)on3)[nH]c2c1C. The minimum atomic E-state index is -0.0522. The van der Waals surface area contributed by atoms with E-state index < -0.39 is 0 Å². The first kappa shape index (κ1) is 14.4. The Kier molecular flexibility index (Phi) is 3.48. The lowest BCUT2D eigenvalue weighted by Gasteiger charge is -2.09. The van der Waals surface area contributed by atoms with Crippen molar-refractivity contribution in [3.63, 3.8) is 0 Å². The first-order valence-electron chi connectivity index (χ1n) is 7.19. The number of aryl methyl sites for hydroxylation is 1. The largest absolute Gasteiger partial charge is 0.496 e. The molecule has 5 heteroatoms. The van der Waals surface area contributed by atoms with E-state index in [0.717, 1.165) is 22.6 Å². The lowest BCUT2D eigenvalue weighted by molar-refractivity contribution is 0.373. The maximum atomic E-state index is 12.3. The second kappa shape index (κ2) is 5.33. The Bertz CT molecular complexity index is 891. The minimum Gasteiger partial charge on any atom is -0.496 e. The Hall–Kier alpha value is -2.56. The highest BCUT2D eigenvalue weighted by Crippen LogP contribution is 2.27. The average molecular weight is 298 g/mol. The number of hydrogen-bond acceptors (Lipinski definition) is 4. The average Bonchev–Trinajstić information content (AvgIpc) is 2.98. The lowest BCUT2D eigenvalue weighted by atomic mass is 10.1. The zero-order valence-electron chi connectivity index (χ0n) is 13.1. The van der Waals surface area contributed by atoms with Crippen LogP contribution in [0.3, 0.4) is 0 Å². The van der Waals surface area contributed by atoms with Gasteiger partial charge in [0.1, 0.15) is 17.2 Å². The molecule has 5 nitrogen and oxygen atoms in total. The molecule has 0 amide bonds. The van der Waals surface area contributed by atoms with Crippen molar-refractivity contribution in [1.29, 1.82) is 0 Å². The fourth-order valence-electron chi connectivity index (χ4n) is 2.49. The highest BCUT2D eigenvalue weighted by Gasteiger charge is 2.13. The van der Waals surface area contributed by atoms with Crippen molar-refractivity contribution in [1.82, 2.24) is 10.1 Å². The molecule has 3 rings (SSSR count). The smallest absolute Gasteiger partial charge is 0.190 e. The van der Waals surface area contributed by atoms with E-state index in [4.69, 9.17) is 9.26 Å². The van der Waals surface area contributed by atoms with E-state index in [2.05, 4.69) is 10.1 Å². The van der Waals surface area contributed by atoms with E-state index in [1.54, 1.807) is 25.3 Å². The summed E-state index contributed by atoms with van der Waals surface area (Å²) in [5.41, 5.74) is 2.88. The zero-order valence-corrected chi connectivity index (χ0v) is 13.1. The molecule has 1 N–H and O–H groups in total. The molecule has 0 radical (unpaired) electrons. The number of aromatic nitrogens is 2. The number of ether oxygens (including phenoxy) is 1. The fraction of sp³-hybridized carbons (Fsp3) is 0.294. The molecule has 2 aromatic heterocycles. The van der Waals surface area contributed by atoms with Gasteiger partial charge >= 0.3 is 0 Å². The van der Waals surface area contributed by atoms with Gasteiger partial charge in [0.15, 0.2) is 5.43 Å². The predicted molar refractivity (Wildman–Crippen MR) is 85.4 cm³/mol. The van der Waals surface area contributed by atoms with Gasteiger partial charge in [-0.3, -0.25) is 4.79 Å². The van der Waals surface area contributed by atoms with E-state index >= 15 is 0 Å². The number of aromatic amines is 1. The Morgan fingerprint density at radius 3 is 2.68 bits per heavy atom. The molecule has 0 fully saturated rings. The lowest BCUT2D eigenvalue weighted by Crippen LogP contribution is -2.04. The van der Waals surface area contributed by atoms with Gasteiger partial charge in [0, 0.05) is 29.0 Å². The number of methoxy groups -OCH3 is 1. The number of hydrogen-bond donors (Lipinski definition) is 1. The third kappa shape index (κ3) is 2.28. The van der Waals surface area contributed by atoms with Crippen molar-refractivity contribution in [3.05, 3.63) is 45.8 Å². The number of nitrogens with zero attached hydrogens (tertiary/aromatic N) is 1. The van der Waals surface area contributed by atoms with Crippen molar-refractivity contribution in [2.45, 2.75) is 26.7 Å². The number of rotatable bonds is 3. The summed E-state index contributed by atoms with van der Waals surface area (Å²) in [6.45, 7) is 5.98. The van der Waals surface area contributed by atoms with E-state index in [1.807, 2.05) is 26.8 Å². The molecule has 0 aliphatic carbocycles. The van der Waals surface area contributed by atoms with Gasteiger partial charge in [-0.2, -0.15) is 0 Å². The van der Waals surface area contributed by atoms with Gasteiger partial charge in [-0.25, -0.2) is 0 Å². The van der Waals surface area contributed by atoms with Gasteiger partial charge in [0.25, 0.3) is 0 Å². The molecule has 22 heavy (non-hydrogen) atoms. The molecule has 0 saturated carbocycles. The molecule has 0 saturated heterocycles. The summed E-state index contributed by atoms with van der Waals surface area (Å²) in [6.07, 6.45) is 0. The standard InChI is InChI=1S/C17H18N2O3/c1-9(2)16-8-13(19-22-16)12-7-14(20)11-5-6-15(21-4)10(3)17(11)18-12/h5-9H,1-4H3,(H,18,20). The molecule has 0 spiro atoms. The first-order valence-corrected chi connectivity index (χ1v) is 7.19. The van der Waals surface area contributed by atoms with Gasteiger partial charge in [-0.15, -0.1) is 0 Å². The van der Waals surface area contributed by atoms with Crippen molar-refractivity contribution in [2.24, 2.45) is 0 Å². The molecule has 0 atom stereocenters. The Labute approximate surface area is 127 Å². The van der Waals surface area contributed by atoms with Crippen molar-refractivity contribution in [2.75, 3.05) is 7.11 Å². The topological polar surface area (TPSA) is 68.1 Å². The summed E-state index contributed by atoms with van der Waals surface area (Å²) in [4.78, 5) is 15.6. The van der Waals surface area contributed by atoms with Crippen LogP contribution in [0.25, 0.3) is 22.3 Å². The summed E-state index contributed by atoms with van der Waals surface area (Å²) in [7, 11) is 1.61. The summed E-state index contributed by atoms with van der Waals surface area (Å²) in [5.74, 6) is 1.77. The maximum Gasteiger partial charge on any atom is 0.190 e. The van der Waals surface area contributed by atoms with Crippen molar-refractivity contribution in [3.8, 4) is 17.1 Å². The molecule has 1 aromatic carbocycles. The quantitative estimate of drug-likeness (QED) is 0.801.